The minimum absolute atomic E-state index is 0.0977. The topological polar surface area (TPSA) is 68.6 Å². The maximum absolute atomic E-state index is 10.1. The lowest BCUT2D eigenvalue weighted by molar-refractivity contribution is 0.250. The Labute approximate surface area is 120 Å². The van der Waals surface area contributed by atoms with Gasteiger partial charge in [0.05, 0.1) is 12.3 Å². The molecule has 20 heavy (non-hydrogen) atoms. The lowest BCUT2D eigenvalue weighted by atomic mass is 10.1. The fraction of sp³-hybridized carbons (Fsp3) is 0.667. The molecule has 1 aliphatic heterocycles. The second-order valence-electron chi connectivity index (χ2n) is 5.58. The Bertz CT molecular complexity index is 445. The van der Waals surface area contributed by atoms with Gasteiger partial charge in [-0.2, -0.15) is 0 Å². The predicted octanol–water partition coefficient (Wildman–Crippen LogP) is 1.16. The molecule has 2 rings (SSSR count). The fourth-order valence-electron chi connectivity index (χ4n) is 2.74. The van der Waals surface area contributed by atoms with E-state index in [1.54, 1.807) is 13.1 Å². The number of aliphatic hydroxyl groups is 1. The molecule has 1 atom stereocenters. The Kier molecular flexibility index (Phi) is 5.34. The highest BCUT2D eigenvalue weighted by atomic mass is 16.3. The van der Waals surface area contributed by atoms with Crippen LogP contribution in [-0.4, -0.2) is 45.8 Å². The number of aromatic nitrogens is 1. The van der Waals surface area contributed by atoms with Crippen LogP contribution in [0.3, 0.4) is 0 Å². The molecule has 0 radical (unpaired) electrons. The quantitative estimate of drug-likeness (QED) is 0.729. The van der Waals surface area contributed by atoms with Crippen molar-refractivity contribution >= 4 is 0 Å². The van der Waals surface area contributed by atoms with Crippen molar-refractivity contribution in [3.63, 3.8) is 0 Å². The summed E-state index contributed by atoms with van der Waals surface area (Å²) in [6.07, 6.45) is 4.22. The van der Waals surface area contributed by atoms with E-state index >= 15 is 0 Å². The number of nitrogens with zero attached hydrogens (tertiary/aromatic N) is 2. The summed E-state index contributed by atoms with van der Waals surface area (Å²) in [5, 5.41) is 22.8. The Morgan fingerprint density at radius 1 is 1.40 bits per heavy atom. The highest BCUT2D eigenvalue weighted by molar-refractivity contribution is 5.40. The summed E-state index contributed by atoms with van der Waals surface area (Å²) in [6, 6.07) is 0.500. The molecule has 1 fully saturated rings. The van der Waals surface area contributed by atoms with Crippen LogP contribution in [0.1, 0.15) is 36.6 Å². The molecule has 0 bridgehead atoms. The van der Waals surface area contributed by atoms with E-state index in [0.717, 1.165) is 12.1 Å². The van der Waals surface area contributed by atoms with E-state index in [0.29, 0.717) is 23.8 Å². The monoisotopic (exact) mass is 279 g/mol. The van der Waals surface area contributed by atoms with E-state index in [1.807, 2.05) is 0 Å². The van der Waals surface area contributed by atoms with Crippen molar-refractivity contribution in [2.45, 2.75) is 45.9 Å². The molecule has 0 aromatic carbocycles. The van der Waals surface area contributed by atoms with Crippen molar-refractivity contribution in [2.75, 3.05) is 19.6 Å². The smallest absolute Gasteiger partial charge is 0.141 e. The van der Waals surface area contributed by atoms with Crippen molar-refractivity contribution in [1.82, 2.24) is 15.2 Å². The van der Waals surface area contributed by atoms with E-state index in [1.165, 1.54) is 25.9 Å². The van der Waals surface area contributed by atoms with Gasteiger partial charge >= 0.3 is 0 Å². The second kappa shape index (κ2) is 7.02. The summed E-state index contributed by atoms with van der Waals surface area (Å²) in [7, 11) is 0. The molecule has 0 aliphatic carbocycles. The molecule has 3 N–H and O–H groups in total. The van der Waals surface area contributed by atoms with Gasteiger partial charge in [-0.25, -0.2) is 0 Å². The standard InChI is InChI=1S/C15H25N3O2/c1-11(18-5-3-4-6-18)7-16-9-14-13(10-19)8-17-12(2)15(14)20/h8,11,16,19-20H,3-7,9-10H2,1-2H3. The van der Waals surface area contributed by atoms with Gasteiger partial charge in [-0.3, -0.25) is 9.88 Å². The normalized spacial score (nSPS) is 17.6. The summed E-state index contributed by atoms with van der Waals surface area (Å²) >= 11 is 0. The molecule has 1 saturated heterocycles. The number of aliphatic hydroxyl groups excluding tert-OH is 1. The largest absolute Gasteiger partial charge is 0.506 e. The summed E-state index contributed by atoms with van der Waals surface area (Å²) in [5.41, 5.74) is 2.05. The average molecular weight is 279 g/mol. The first kappa shape index (κ1) is 15.2. The van der Waals surface area contributed by atoms with Gasteiger partial charge < -0.3 is 15.5 Å². The first-order chi connectivity index (χ1) is 9.63. The molecular weight excluding hydrogens is 254 g/mol. The van der Waals surface area contributed by atoms with Gasteiger partial charge in [0.25, 0.3) is 0 Å². The van der Waals surface area contributed by atoms with Crippen molar-refractivity contribution in [2.24, 2.45) is 0 Å². The lowest BCUT2D eigenvalue weighted by Crippen LogP contribution is -2.38. The van der Waals surface area contributed by atoms with Gasteiger partial charge in [0.2, 0.25) is 0 Å². The maximum atomic E-state index is 10.1. The Morgan fingerprint density at radius 3 is 2.75 bits per heavy atom. The minimum atomic E-state index is -0.0977. The SMILES string of the molecule is Cc1ncc(CO)c(CNCC(C)N2CCCC2)c1O. The molecule has 1 aliphatic rings. The number of rotatable bonds is 6. The van der Waals surface area contributed by atoms with Gasteiger partial charge in [0.1, 0.15) is 5.75 Å². The Morgan fingerprint density at radius 2 is 2.10 bits per heavy atom. The average Bonchev–Trinajstić information content (AvgIpc) is 2.97. The number of hydrogen-bond donors (Lipinski definition) is 3. The van der Waals surface area contributed by atoms with Gasteiger partial charge in [-0.05, 0) is 39.8 Å². The highest BCUT2D eigenvalue weighted by Gasteiger charge is 2.18. The summed E-state index contributed by atoms with van der Waals surface area (Å²) < 4.78 is 0. The van der Waals surface area contributed by atoms with Crippen molar-refractivity contribution in [3.05, 3.63) is 23.0 Å². The fourth-order valence-corrected chi connectivity index (χ4v) is 2.74. The molecule has 1 aromatic heterocycles. The molecule has 5 heteroatoms. The Balaban J connectivity index is 1.91. The number of aryl methyl sites for hydroxylation is 1. The van der Waals surface area contributed by atoms with E-state index in [9.17, 15) is 10.2 Å². The second-order valence-corrected chi connectivity index (χ2v) is 5.58. The van der Waals surface area contributed by atoms with Gasteiger partial charge in [-0.1, -0.05) is 0 Å². The third kappa shape index (κ3) is 3.48. The van der Waals surface area contributed by atoms with Crippen LogP contribution in [0.15, 0.2) is 6.20 Å². The zero-order valence-corrected chi connectivity index (χ0v) is 12.4. The minimum Gasteiger partial charge on any atom is -0.506 e. The molecule has 1 unspecified atom stereocenters. The number of aromatic hydroxyl groups is 1. The molecular formula is C15H25N3O2. The third-order valence-corrected chi connectivity index (χ3v) is 4.11. The van der Waals surface area contributed by atoms with Crippen LogP contribution >= 0.6 is 0 Å². The van der Waals surface area contributed by atoms with Crippen LogP contribution in [0.5, 0.6) is 5.75 Å². The van der Waals surface area contributed by atoms with E-state index in [4.69, 9.17) is 0 Å². The summed E-state index contributed by atoms with van der Waals surface area (Å²) in [6.45, 7) is 7.71. The first-order valence-corrected chi connectivity index (χ1v) is 7.35. The zero-order chi connectivity index (χ0) is 14.5. The molecule has 5 nitrogen and oxygen atoms in total. The van der Waals surface area contributed by atoms with Crippen LogP contribution in [-0.2, 0) is 13.2 Å². The Hall–Kier alpha value is -1.17. The van der Waals surface area contributed by atoms with Gasteiger partial charge in [0.15, 0.2) is 0 Å². The molecule has 0 saturated carbocycles. The van der Waals surface area contributed by atoms with Crippen LogP contribution in [0, 0.1) is 6.92 Å². The third-order valence-electron chi connectivity index (χ3n) is 4.11. The van der Waals surface area contributed by atoms with E-state index < -0.39 is 0 Å². The van der Waals surface area contributed by atoms with Gasteiger partial charge in [-0.15, -0.1) is 0 Å². The molecule has 112 valence electrons. The number of nitrogens with one attached hydrogen (secondary N) is 1. The van der Waals surface area contributed by atoms with Crippen LogP contribution in [0.25, 0.3) is 0 Å². The summed E-state index contributed by atoms with van der Waals surface area (Å²) in [4.78, 5) is 6.55. The predicted molar refractivity (Wildman–Crippen MR) is 78.5 cm³/mol. The van der Waals surface area contributed by atoms with Crippen LogP contribution < -0.4 is 5.32 Å². The highest BCUT2D eigenvalue weighted by Crippen LogP contribution is 2.23. The lowest BCUT2D eigenvalue weighted by Gasteiger charge is -2.24. The van der Waals surface area contributed by atoms with E-state index in [2.05, 4.69) is 22.1 Å². The number of hydrogen-bond acceptors (Lipinski definition) is 5. The first-order valence-electron chi connectivity index (χ1n) is 7.35. The zero-order valence-electron chi connectivity index (χ0n) is 12.4. The van der Waals surface area contributed by atoms with Crippen LogP contribution in [0.4, 0.5) is 0 Å². The summed E-state index contributed by atoms with van der Waals surface area (Å²) in [5.74, 6) is 0.192. The molecule has 0 amide bonds. The van der Waals surface area contributed by atoms with Gasteiger partial charge in [0, 0.05) is 36.5 Å². The number of likely N-dealkylation sites (tertiary alicyclic amines) is 1. The van der Waals surface area contributed by atoms with Crippen LogP contribution in [0.2, 0.25) is 0 Å². The van der Waals surface area contributed by atoms with E-state index in [-0.39, 0.29) is 12.4 Å². The maximum Gasteiger partial charge on any atom is 0.141 e. The van der Waals surface area contributed by atoms with Crippen molar-refractivity contribution < 1.29 is 10.2 Å². The molecule has 2 heterocycles. The van der Waals surface area contributed by atoms with Crippen molar-refractivity contribution in [3.8, 4) is 5.75 Å². The molecule has 1 aromatic rings. The molecule has 0 spiro atoms. The van der Waals surface area contributed by atoms with Crippen molar-refractivity contribution in [1.29, 1.82) is 0 Å². The number of pyridine rings is 1.